The Bertz CT molecular complexity index is 453. The lowest BCUT2D eigenvalue weighted by molar-refractivity contribution is 0.573. The summed E-state index contributed by atoms with van der Waals surface area (Å²) >= 11 is 0. The highest BCUT2D eigenvalue weighted by molar-refractivity contribution is 7.89. The molecule has 0 aliphatic rings. The van der Waals surface area contributed by atoms with Crippen molar-refractivity contribution in [3.8, 4) is 0 Å². The Balaban J connectivity index is 2.97. The second kappa shape index (κ2) is 6.13. The standard InChI is InChI=1S/C10H20N4O2S/c1-4-6-12-17(15,16)10-9(7-11-5-2)8(3)13-14-10/h11-12H,4-7H2,1-3H3,(H,13,14). The molecule has 1 rings (SSSR count). The summed E-state index contributed by atoms with van der Waals surface area (Å²) in [7, 11) is -3.50. The average molecular weight is 260 g/mol. The minimum Gasteiger partial charge on any atom is -0.313 e. The normalized spacial score (nSPS) is 11.9. The maximum atomic E-state index is 12.0. The number of nitrogens with one attached hydrogen (secondary N) is 3. The van der Waals surface area contributed by atoms with Gasteiger partial charge in [0.05, 0.1) is 0 Å². The molecule has 3 N–H and O–H groups in total. The van der Waals surface area contributed by atoms with Crippen LogP contribution in [0, 0.1) is 6.92 Å². The Morgan fingerprint density at radius 1 is 1.35 bits per heavy atom. The van der Waals surface area contributed by atoms with Gasteiger partial charge in [0, 0.05) is 24.3 Å². The lowest BCUT2D eigenvalue weighted by Crippen LogP contribution is -2.26. The number of sulfonamides is 1. The Hall–Kier alpha value is -0.920. The molecule has 0 fully saturated rings. The van der Waals surface area contributed by atoms with Gasteiger partial charge >= 0.3 is 0 Å². The maximum Gasteiger partial charge on any atom is 0.260 e. The predicted molar refractivity (Wildman–Crippen MR) is 66.2 cm³/mol. The van der Waals surface area contributed by atoms with Crippen molar-refractivity contribution in [2.45, 2.75) is 38.8 Å². The van der Waals surface area contributed by atoms with E-state index in [2.05, 4.69) is 20.2 Å². The number of hydrogen-bond acceptors (Lipinski definition) is 4. The Kier molecular flexibility index (Phi) is 5.10. The van der Waals surface area contributed by atoms with Crippen molar-refractivity contribution < 1.29 is 8.42 Å². The molecule has 0 aliphatic carbocycles. The molecule has 7 heteroatoms. The van der Waals surface area contributed by atoms with Crippen molar-refractivity contribution in [2.75, 3.05) is 13.1 Å². The average Bonchev–Trinajstić information content (AvgIpc) is 2.66. The first-order valence-electron chi connectivity index (χ1n) is 5.77. The highest BCUT2D eigenvalue weighted by Gasteiger charge is 2.22. The summed E-state index contributed by atoms with van der Waals surface area (Å²) in [4.78, 5) is 0. The molecule has 1 aromatic heterocycles. The molecule has 0 amide bonds. The van der Waals surface area contributed by atoms with E-state index in [4.69, 9.17) is 0 Å². The van der Waals surface area contributed by atoms with E-state index < -0.39 is 10.0 Å². The van der Waals surface area contributed by atoms with Crippen LogP contribution in [0.25, 0.3) is 0 Å². The van der Waals surface area contributed by atoms with Crippen LogP contribution in [0.2, 0.25) is 0 Å². The molecule has 0 saturated heterocycles. The Labute approximate surface area is 102 Å². The van der Waals surface area contributed by atoms with Gasteiger partial charge in [0.15, 0.2) is 5.03 Å². The van der Waals surface area contributed by atoms with E-state index in [9.17, 15) is 8.42 Å². The van der Waals surface area contributed by atoms with Crippen LogP contribution >= 0.6 is 0 Å². The third-order valence-electron chi connectivity index (χ3n) is 2.38. The first-order valence-corrected chi connectivity index (χ1v) is 7.25. The van der Waals surface area contributed by atoms with Gasteiger partial charge in [0.2, 0.25) is 0 Å². The molecule has 0 spiro atoms. The lowest BCUT2D eigenvalue weighted by atomic mass is 10.2. The number of H-pyrrole nitrogens is 1. The number of aromatic nitrogens is 2. The van der Waals surface area contributed by atoms with Crippen LogP contribution in [0.4, 0.5) is 0 Å². The van der Waals surface area contributed by atoms with E-state index in [1.54, 1.807) is 0 Å². The van der Waals surface area contributed by atoms with Crippen molar-refractivity contribution in [3.63, 3.8) is 0 Å². The molecule has 0 aromatic carbocycles. The Morgan fingerprint density at radius 2 is 2.06 bits per heavy atom. The molecule has 1 heterocycles. The molecule has 0 saturated carbocycles. The van der Waals surface area contributed by atoms with Crippen LogP contribution in [0.15, 0.2) is 5.03 Å². The lowest BCUT2D eigenvalue weighted by Gasteiger charge is -2.06. The fourth-order valence-electron chi connectivity index (χ4n) is 1.42. The second-order valence-corrected chi connectivity index (χ2v) is 5.49. The zero-order chi connectivity index (χ0) is 12.9. The van der Waals surface area contributed by atoms with Crippen molar-refractivity contribution in [1.82, 2.24) is 20.2 Å². The maximum absolute atomic E-state index is 12.0. The monoisotopic (exact) mass is 260 g/mol. The topological polar surface area (TPSA) is 86.9 Å². The van der Waals surface area contributed by atoms with Crippen LogP contribution in [0.3, 0.4) is 0 Å². The fourth-order valence-corrected chi connectivity index (χ4v) is 2.74. The SMILES string of the molecule is CCCNS(=O)(=O)c1n[nH]c(C)c1CNCC. The van der Waals surface area contributed by atoms with Gasteiger partial charge in [0.25, 0.3) is 10.0 Å². The molecule has 0 aliphatic heterocycles. The van der Waals surface area contributed by atoms with Gasteiger partial charge in [-0.2, -0.15) is 5.10 Å². The molecule has 0 unspecified atom stereocenters. The molecule has 0 atom stereocenters. The minimum atomic E-state index is -3.50. The largest absolute Gasteiger partial charge is 0.313 e. The zero-order valence-corrected chi connectivity index (χ0v) is 11.3. The third-order valence-corrected chi connectivity index (χ3v) is 3.82. The minimum absolute atomic E-state index is 0.101. The van der Waals surface area contributed by atoms with Gasteiger partial charge in [-0.3, -0.25) is 5.10 Å². The number of rotatable bonds is 7. The van der Waals surface area contributed by atoms with Gasteiger partial charge in [-0.15, -0.1) is 0 Å². The molecule has 1 aromatic rings. The molecule has 98 valence electrons. The smallest absolute Gasteiger partial charge is 0.260 e. The van der Waals surface area contributed by atoms with Crippen molar-refractivity contribution in [3.05, 3.63) is 11.3 Å². The van der Waals surface area contributed by atoms with Crippen LogP contribution < -0.4 is 10.0 Å². The summed E-state index contributed by atoms with van der Waals surface area (Å²) in [6.45, 7) is 7.41. The molecular weight excluding hydrogens is 240 g/mol. The predicted octanol–water partition coefficient (Wildman–Crippen LogP) is 0.516. The van der Waals surface area contributed by atoms with Gasteiger partial charge in [-0.25, -0.2) is 13.1 Å². The first-order chi connectivity index (χ1) is 8.03. The Morgan fingerprint density at radius 3 is 2.65 bits per heavy atom. The fraction of sp³-hybridized carbons (Fsp3) is 0.700. The van der Waals surface area contributed by atoms with Gasteiger partial charge in [0.1, 0.15) is 0 Å². The van der Waals surface area contributed by atoms with Crippen LogP contribution in [-0.4, -0.2) is 31.7 Å². The summed E-state index contributed by atoms with van der Waals surface area (Å²) in [5.74, 6) is 0. The van der Waals surface area contributed by atoms with E-state index in [1.165, 1.54) is 0 Å². The van der Waals surface area contributed by atoms with Gasteiger partial charge < -0.3 is 5.32 Å². The van der Waals surface area contributed by atoms with E-state index in [0.29, 0.717) is 18.7 Å². The van der Waals surface area contributed by atoms with E-state index in [0.717, 1.165) is 18.7 Å². The van der Waals surface area contributed by atoms with Crippen LogP contribution in [0.5, 0.6) is 0 Å². The third kappa shape index (κ3) is 3.52. The number of hydrogen-bond donors (Lipinski definition) is 3. The van der Waals surface area contributed by atoms with Crippen LogP contribution in [-0.2, 0) is 16.6 Å². The molecular formula is C10H20N4O2S. The van der Waals surface area contributed by atoms with E-state index in [1.807, 2.05) is 20.8 Å². The molecule has 17 heavy (non-hydrogen) atoms. The van der Waals surface area contributed by atoms with E-state index >= 15 is 0 Å². The number of aryl methyl sites for hydroxylation is 1. The summed E-state index contributed by atoms with van der Waals surface area (Å²) in [6, 6.07) is 0. The summed E-state index contributed by atoms with van der Waals surface area (Å²) in [6.07, 6.45) is 0.755. The highest BCUT2D eigenvalue weighted by atomic mass is 32.2. The van der Waals surface area contributed by atoms with Crippen LogP contribution in [0.1, 0.15) is 31.5 Å². The van der Waals surface area contributed by atoms with Crippen molar-refractivity contribution in [2.24, 2.45) is 0 Å². The summed E-state index contributed by atoms with van der Waals surface area (Å²) in [5.41, 5.74) is 1.48. The first kappa shape index (κ1) is 14.1. The summed E-state index contributed by atoms with van der Waals surface area (Å²) < 4.78 is 26.5. The van der Waals surface area contributed by atoms with E-state index in [-0.39, 0.29) is 5.03 Å². The zero-order valence-electron chi connectivity index (χ0n) is 10.5. The number of aromatic amines is 1. The summed E-state index contributed by atoms with van der Waals surface area (Å²) in [5, 5.41) is 9.81. The van der Waals surface area contributed by atoms with Crippen molar-refractivity contribution in [1.29, 1.82) is 0 Å². The van der Waals surface area contributed by atoms with Gasteiger partial charge in [-0.1, -0.05) is 13.8 Å². The second-order valence-electron chi connectivity index (χ2n) is 3.81. The molecule has 0 radical (unpaired) electrons. The number of nitrogens with zero attached hydrogens (tertiary/aromatic N) is 1. The quantitative estimate of drug-likeness (QED) is 0.667. The van der Waals surface area contributed by atoms with Gasteiger partial charge in [-0.05, 0) is 19.9 Å². The van der Waals surface area contributed by atoms with Crippen molar-refractivity contribution >= 4 is 10.0 Å². The molecule has 6 nitrogen and oxygen atoms in total. The molecule has 0 bridgehead atoms. The highest BCUT2D eigenvalue weighted by Crippen LogP contribution is 2.15.